The van der Waals surface area contributed by atoms with Crippen molar-refractivity contribution in [2.24, 2.45) is 17.8 Å². The first kappa shape index (κ1) is 27.3. The molecule has 0 aliphatic heterocycles. The van der Waals surface area contributed by atoms with E-state index in [1.54, 1.807) is 22.3 Å². The van der Waals surface area contributed by atoms with Crippen LogP contribution >= 0.6 is 0 Å². The average Bonchev–Trinajstić information content (AvgIpc) is 3.58. The summed E-state index contributed by atoms with van der Waals surface area (Å²) in [6.45, 7) is 11.8. The summed E-state index contributed by atoms with van der Waals surface area (Å²) in [4.78, 5) is 0. The molecule has 2 aromatic rings. The molecule has 0 fully saturated rings. The van der Waals surface area contributed by atoms with Crippen LogP contribution in [0.15, 0.2) is 107 Å². The SMILES string of the molecule is CC=C(c1cccc2c1C/C(=C\C=C/NC)C2)C1CC=C(c2ccccc2)C2=C1C/C(=C(/C)C(C)C(C)C)C2. The van der Waals surface area contributed by atoms with Gasteiger partial charge in [-0.05, 0) is 109 Å². The summed E-state index contributed by atoms with van der Waals surface area (Å²) in [5.74, 6) is 1.73. The van der Waals surface area contributed by atoms with Crippen LogP contribution in [0.25, 0.3) is 11.1 Å². The molecular formula is C38H45N. The molecule has 0 radical (unpaired) electrons. The van der Waals surface area contributed by atoms with Crippen LogP contribution in [0.3, 0.4) is 0 Å². The fraction of sp³-hybridized carbons (Fsp3) is 0.368. The zero-order valence-electron chi connectivity index (χ0n) is 24.8. The Morgan fingerprint density at radius 2 is 1.74 bits per heavy atom. The van der Waals surface area contributed by atoms with Gasteiger partial charge >= 0.3 is 0 Å². The van der Waals surface area contributed by atoms with Crippen molar-refractivity contribution in [1.29, 1.82) is 0 Å². The molecule has 1 nitrogen and oxygen atoms in total. The Hall–Kier alpha value is -3.32. The molecule has 2 aromatic carbocycles. The number of nitrogens with one attached hydrogen (secondary N) is 1. The van der Waals surface area contributed by atoms with Crippen LogP contribution in [0.2, 0.25) is 0 Å². The fourth-order valence-electron chi connectivity index (χ4n) is 6.91. The van der Waals surface area contributed by atoms with Gasteiger partial charge in [0.15, 0.2) is 0 Å². The first-order valence-electron chi connectivity index (χ1n) is 14.9. The van der Waals surface area contributed by atoms with E-state index in [1.165, 1.54) is 39.0 Å². The van der Waals surface area contributed by atoms with Gasteiger partial charge in [0.25, 0.3) is 0 Å². The van der Waals surface area contributed by atoms with Crippen LogP contribution < -0.4 is 5.32 Å². The lowest BCUT2D eigenvalue weighted by Crippen LogP contribution is -2.12. The predicted octanol–water partition coefficient (Wildman–Crippen LogP) is 9.65. The summed E-state index contributed by atoms with van der Waals surface area (Å²) in [5, 5.41) is 3.11. The quantitative estimate of drug-likeness (QED) is 0.362. The van der Waals surface area contributed by atoms with Crippen molar-refractivity contribution in [1.82, 2.24) is 5.32 Å². The maximum Gasteiger partial charge on any atom is 0.00951 e. The van der Waals surface area contributed by atoms with Gasteiger partial charge in [-0.15, -0.1) is 0 Å². The zero-order chi connectivity index (χ0) is 27.5. The second-order valence-corrected chi connectivity index (χ2v) is 12.0. The highest BCUT2D eigenvalue weighted by Gasteiger charge is 2.35. The molecule has 0 heterocycles. The van der Waals surface area contributed by atoms with E-state index < -0.39 is 0 Å². The number of rotatable bonds is 7. The second kappa shape index (κ2) is 11.8. The van der Waals surface area contributed by atoms with Crippen molar-refractivity contribution in [2.45, 2.75) is 66.7 Å². The molecule has 0 saturated heterocycles. The topological polar surface area (TPSA) is 12.0 Å². The van der Waals surface area contributed by atoms with Gasteiger partial charge in [0.05, 0.1) is 0 Å². The molecule has 1 N–H and O–H groups in total. The van der Waals surface area contributed by atoms with Gasteiger partial charge in [-0.3, -0.25) is 0 Å². The Morgan fingerprint density at radius 3 is 2.46 bits per heavy atom. The van der Waals surface area contributed by atoms with E-state index in [-0.39, 0.29) is 0 Å². The number of allylic oxidation sites excluding steroid dienone is 11. The van der Waals surface area contributed by atoms with Crippen molar-refractivity contribution < 1.29 is 0 Å². The number of benzene rings is 2. The maximum absolute atomic E-state index is 3.11. The maximum atomic E-state index is 3.11. The summed E-state index contributed by atoms with van der Waals surface area (Å²) in [6, 6.07) is 18.1. The van der Waals surface area contributed by atoms with Gasteiger partial charge in [0.2, 0.25) is 0 Å². The molecule has 1 heteroatoms. The van der Waals surface area contributed by atoms with E-state index >= 15 is 0 Å². The first-order chi connectivity index (χ1) is 18.9. The minimum Gasteiger partial charge on any atom is -0.394 e. The van der Waals surface area contributed by atoms with Crippen molar-refractivity contribution in [3.05, 3.63) is 129 Å². The van der Waals surface area contributed by atoms with Gasteiger partial charge in [-0.2, -0.15) is 0 Å². The Bertz CT molecular complexity index is 1400. The second-order valence-electron chi connectivity index (χ2n) is 12.0. The van der Waals surface area contributed by atoms with E-state index in [0.29, 0.717) is 17.8 Å². The lowest BCUT2D eigenvalue weighted by atomic mass is 9.75. The van der Waals surface area contributed by atoms with Crippen LogP contribution in [-0.2, 0) is 12.8 Å². The average molecular weight is 516 g/mol. The van der Waals surface area contributed by atoms with Crippen molar-refractivity contribution >= 4 is 11.1 Å². The Labute approximate surface area is 236 Å². The first-order valence-corrected chi connectivity index (χ1v) is 14.9. The van der Waals surface area contributed by atoms with Crippen LogP contribution in [0.4, 0.5) is 0 Å². The highest BCUT2D eigenvalue weighted by atomic mass is 14.8. The predicted molar refractivity (Wildman–Crippen MR) is 169 cm³/mol. The van der Waals surface area contributed by atoms with Crippen molar-refractivity contribution in [3.63, 3.8) is 0 Å². The largest absolute Gasteiger partial charge is 0.394 e. The third kappa shape index (κ3) is 5.42. The Balaban J connectivity index is 1.54. The van der Waals surface area contributed by atoms with E-state index in [2.05, 4.69) is 113 Å². The van der Waals surface area contributed by atoms with Crippen molar-refractivity contribution in [2.75, 3.05) is 7.05 Å². The lowest BCUT2D eigenvalue weighted by Gasteiger charge is -2.29. The number of hydrogen-bond donors (Lipinski definition) is 1. The van der Waals surface area contributed by atoms with Crippen LogP contribution in [0.5, 0.6) is 0 Å². The molecule has 5 rings (SSSR count). The summed E-state index contributed by atoms with van der Waals surface area (Å²) in [6.07, 6.45) is 16.8. The smallest absolute Gasteiger partial charge is 0.00951 e. The standard InChI is InChI=1S/C38H45N/c1-7-32(34-17-11-16-30-21-28(22-36(30)34)13-12-20-39-6)35-19-18-33(29-14-9-8-10-15-29)37-23-31(24-38(35)37)27(5)26(4)25(2)3/h7-18,20,25-26,35,39H,19,21-24H2,1-6H3/b20-12-,28-13-,31-27-,32-7?. The van der Waals surface area contributed by atoms with Crippen LogP contribution in [0.1, 0.15) is 76.1 Å². The fourth-order valence-corrected chi connectivity index (χ4v) is 6.91. The molecule has 39 heavy (non-hydrogen) atoms. The monoisotopic (exact) mass is 515 g/mol. The molecule has 0 saturated carbocycles. The molecule has 0 bridgehead atoms. The lowest BCUT2D eigenvalue weighted by molar-refractivity contribution is 0.475. The van der Waals surface area contributed by atoms with E-state index in [0.717, 1.165) is 32.1 Å². The minimum atomic E-state index is 0.445. The molecular weight excluding hydrogens is 470 g/mol. The minimum absolute atomic E-state index is 0.445. The number of hydrogen-bond acceptors (Lipinski definition) is 1. The summed E-state index contributed by atoms with van der Waals surface area (Å²) < 4.78 is 0. The molecule has 3 aliphatic carbocycles. The normalized spacial score (nSPS) is 22.4. The molecule has 0 aromatic heterocycles. The Kier molecular flexibility index (Phi) is 8.26. The molecule has 0 spiro atoms. The van der Waals surface area contributed by atoms with E-state index in [9.17, 15) is 0 Å². The van der Waals surface area contributed by atoms with Gasteiger partial charge in [0.1, 0.15) is 0 Å². The van der Waals surface area contributed by atoms with Crippen molar-refractivity contribution in [3.8, 4) is 0 Å². The van der Waals surface area contributed by atoms with Crippen LogP contribution in [-0.4, -0.2) is 7.05 Å². The Morgan fingerprint density at radius 1 is 0.949 bits per heavy atom. The molecule has 0 amide bonds. The summed E-state index contributed by atoms with van der Waals surface area (Å²) in [5.41, 5.74) is 16.9. The van der Waals surface area contributed by atoms with Gasteiger partial charge in [0, 0.05) is 13.0 Å². The summed E-state index contributed by atoms with van der Waals surface area (Å²) in [7, 11) is 1.95. The molecule has 2 unspecified atom stereocenters. The van der Waals surface area contributed by atoms with Gasteiger partial charge < -0.3 is 5.32 Å². The molecule has 2 atom stereocenters. The third-order valence-corrected chi connectivity index (χ3v) is 9.50. The molecule has 3 aliphatic rings. The van der Waals surface area contributed by atoms with Gasteiger partial charge in [-0.25, -0.2) is 0 Å². The van der Waals surface area contributed by atoms with E-state index in [4.69, 9.17) is 0 Å². The van der Waals surface area contributed by atoms with Gasteiger partial charge in [-0.1, -0.05) is 110 Å². The van der Waals surface area contributed by atoms with E-state index in [1.807, 2.05) is 13.2 Å². The highest BCUT2D eigenvalue weighted by molar-refractivity contribution is 5.86. The third-order valence-electron chi connectivity index (χ3n) is 9.50. The number of fused-ring (bicyclic) bond motifs is 1. The summed E-state index contributed by atoms with van der Waals surface area (Å²) >= 11 is 0. The van der Waals surface area contributed by atoms with Crippen LogP contribution in [0, 0.1) is 17.8 Å². The zero-order valence-corrected chi connectivity index (χ0v) is 24.8. The molecule has 202 valence electrons. The highest BCUT2D eigenvalue weighted by Crippen LogP contribution is 2.52.